The summed E-state index contributed by atoms with van der Waals surface area (Å²) in [7, 11) is 0. The number of aromatic nitrogens is 2. The lowest BCUT2D eigenvalue weighted by Crippen LogP contribution is -2.42. The molecule has 1 aliphatic heterocycles. The normalized spacial score (nSPS) is 16.8. The van der Waals surface area contributed by atoms with Crippen molar-refractivity contribution in [2.24, 2.45) is 0 Å². The minimum atomic E-state index is 0.0403. The molecule has 1 saturated heterocycles. The van der Waals surface area contributed by atoms with E-state index < -0.39 is 0 Å². The van der Waals surface area contributed by atoms with E-state index in [2.05, 4.69) is 48.2 Å². The van der Waals surface area contributed by atoms with Crippen LogP contribution in [0.5, 0.6) is 0 Å². The molecule has 3 aromatic rings. The Morgan fingerprint density at radius 1 is 1.10 bits per heavy atom. The number of nitrogens with zero attached hydrogens (tertiary/aromatic N) is 3. The minimum Gasteiger partial charge on any atom is -0.354 e. The highest BCUT2D eigenvalue weighted by Gasteiger charge is 2.27. The maximum atomic E-state index is 13.5. The number of anilines is 2. The van der Waals surface area contributed by atoms with Gasteiger partial charge in [0.2, 0.25) is 0 Å². The van der Waals surface area contributed by atoms with Gasteiger partial charge in [0.05, 0.1) is 11.3 Å². The fourth-order valence-corrected chi connectivity index (χ4v) is 3.99. The molecule has 1 N–H and O–H groups in total. The molecule has 1 fully saturated rings. The third kappa shape index (κ3) is 3.82. The van der Waals surface area contributed by atoms with Crippen LogP contribution in [-0.2, 0) is 0 Å². The van der Waals surface area contributed by atoms with Crippen LogP contribution >= 0.6 is 0 Å². The number of fused-ring (bicyclic) bond motifs is 1. The van der Waals surface area contributed by atoms with Crippen LogP contribution in [0.25, 0.3) is 11.0 Å². The van der Waals surface area contributed by atoms with Gasteiger partial charge in [0, 0.05) is 35.6 Å². The predicted octanol–water partition coefficient (Wildman–Crippen LogP) is 5.31. The second-order valence-electron chi connectivity index (χ2n) is 8.14. The van der Waals surface area contributed by atoms with Crippen molar-refractivity contribution in [2.45, 2.75) is 53.0 Å². The van der Waals surface area contributed by atoms with E-state index in [-0.39, 0.29) is 11.9 Å². The average molecular weight is 389 g/mol. The van der Waals surface area contributed by atoms with Gasteiger partial charge in [0.25, 0.3) is 5.91 Å². The summed E-state index contributed by atoms with van der Waals surface area (Å²) in [6.07, 6.45) is 4.96. The summed E-state index contributed by atoms with van der Waals surface area (Å²) in [6, 6.07) is 10.5. The highest BCUT2D eigenvalue weighted by Crippen LogP contribution is 2.31. The van der Waals surface area contributed by atoms with Gasteiger partial charge >= 0.3 is 0 Å². The number of amides is 1. The number of hydrogen-bond donors (Lipinski definition) is 1. The van der Waals surface area contributed by atoms with Gasteiger partial charge in [-0.15, -0.1) is 0 Å². The number of hydrogen-bond acceptors (Lipinski definition) is 4. The molecule has 1 aromatic carbocycles. The maximum absolute atomic E-state index is 13.5. The van der Waals surface area contributed by atoms with Crippen molar-refractivity contribution in [2.75, 3.05) is 11.9 Å². The van der Waals surface area contributed by atoms with Crippen LogP contribution in [-0.4, -0.2) is 33.4 Å². The summed E-state index contributed by atoms with van der Waals surface area (Å²) in [5.41, 5.74) is 6.36. The summed E-state index contributed by atoms with van der Waals surface area (Å²) >= 11 is 0. The molecule has 2 aromatic heterocycles. The first-order valence-corrected chi connectivity index (χ1v) is 10.4. The zero-order valence-corrected chi connectivity index (χ0v) is 17.6. The lowest BCUT2D eigenvalue weighted by Gasteiger charge is -2.34. The van der Waals surface area contributed by atoms with Gasteiger partial charge in [-0.05, 0) is 82.3 Å². The molecule has 5 nitrogen and oxygen atoms in total. The van der Waals surface area contributed by atoms with Crippen molar-refractivity contribution >= 4 is 28.3 Å². The number of likely N-dealkylation sites (tertiary alicyclic amines) is 1. The summed E-state index contributed by atoms with van der Waals surface area (Å²) in [6.45, 7) is 9.07. The van der Waals surface area contributed by atoms with E-state index in [9.17, 15) is 4.79 Å². The Labute approximate surface area is 172 Å². The molecular weight excluding hydrogens is 360 g/mol. The van der Waals surface area contributed by atoms with Crippen LogP contribution in [0.3, 0.4) is 0 Å². The quantitative estimate of drug-likeness (QED) is 0.660. The second kappa shape index (κ2) is 7.82. The molecule has 150 valence electrons. The number of benzene rings is 1. The molecule has 0 radical (unpaired) electrons. The Kier molecular flexibility index (Phi) is 5.22. The van der Waals surface area contributed by atoms with Crippen LogP contribution in [0.4, 0.5) is 11.4 Å². The fourth-order valence-electron chi connectivity index (χ4n) is 3.99. The molecule has 0 spiro atoms. The minimum absolute atomic E-state index is 0.0403. The number of carbonyl (C=O) groups is 1. The highest BCUT2D eigenvalue weighted by molar-refractivity contribution is 6.07. The molecule has 4 rings (SSSR count). The number of rotatable bonds is 3. The molecule has 5 heteroatoms. The van der Waals surface area contributed by atoms with Gasteiger partial charge in [-0.3, -0.25) is 4.79 Å². The van der Waals surface area contributed by atoms with Crippen LogP contribution in [0.15, 0.2) is 36.5 Å². The van der Waals surface area contributed by atoms with E-state index in [0.717, 1.165) is 41.8 Å². The topological polar surface area (TPSA) is 58.1 Å². The van der Waals surface area contributed by atoms with Gasteiger partial charge in [-0.2, -0.15) is 0 Å². The van der Waals surface area contributed by atoms with E-state index in [4.69, 9.17) is 0 Å². The number of nitrogens with one attached hydrogen (secondary N) is 1. The van der Waals surface area contributed by atoms with Crippen LogP contribution in [0.2, 0.25) is 0 Å². The van der Waals surface area contributed by atoms with Crippen molar-refractivity contribution in [3.63, 3.8) is 0 Å². The smallest absolute Gasteiger partial charge is 0.257 e. The van der Waals surface area contributed by atoms with Gasteiger partial charge in [0.1, 0.15) is 0 Å². The Morgan fingerprint density at radius 3 is 2.69 bits per heavy atom. The van der Waals surface area contributed by atoms with Crippen LogP contribution in [0.1, 0.15) is 53.4 Å². The van der Waals surface area contributed by atoms with E-state index in [1.807, 2.05) is 30.0 Å². The molecule has 3 heterocycles. The van der Waals surface area contributed by atoms with E-state index in [1.165, 1.54) is 17.5 Å². The second-order valence-corrected chi connectivity index (χ2v) is 8.14. The molecular formula is C24H28N4O. The Morgan fingerprint density at radius 2 is 1.93 bits per heavy atom. The molecule has 1 unspecified atom stereocenters. The summed E-state index contributed by atoms with van der Waals surface area (Å²) in [4.78, 5) is 24.5. The molecule has 29 heavy (non-hydrogen) atoms. The number of aryl methyl sites for hydroxylation is 3. The van der Waals surface area contributed by atoms with E-state index in [0.29, 0.717) is 11.2 Å². The molecule has 0 aliphatic carbocycles. The molecule has 0 bridgehead atoms. The first kappa shape index (κ1) is 19.4. The molecule has 1 atom stereocenters. The fraction of sp³-hybridized carbons (Fsp3) is 0.375. The van der Waals surface area contributed by atoms with E-state index >= 15 is 0 Å². The largest absolute Gasteiger partial charge is 0.354 e. The number of piperidine rings is 1. The summed E-state index contributed by atoms with van der Waals surface area (Å²) < 4.78 is 0. The van der Waals surface area contributed by atoms with Gasteiger partial charge < -0.3 is 10.2 Å². The van der Waals surface area contributed by atoms with Crippen molar-refractivity contribution in [3.8, 4) is 0 Å². The highest BCUT2D eigenvalue weighted by atomic mass is 16.2. The van der Waals surface area contributed by atoms with E-state index in [1.54, 1.807) is 6.20 Å². The third-order valence-electron chi connectivity index (χ3n) is 5.94. The van der Waals surface area contributed by atoms with Crippen LogP contribution in [0, 0.1) is 20.8 Å². The monoisotopic (exact) mass is 388 g/mol. The Balaban J connectivity index is 1.82. The first-order chi connectivity index (χ1) is 13.9. The Bertz CT molecular complexity index is 1080. The Hall–Kier alpha value is -2.95. The SMILES string of the molecule is Cc1ccc2c(Nc3ccc(C)c(C)c3)c(C(=O)N3CCCCC3C)cnc2n1. The van der Waals surface area contributed by atoms with Gasteiger partial charge in [-0.1, -0.05) is 6.07 Å². The first-order valence-electron chi connectivity index (χ1n) is 10.4. The zero-order valence-electron chi connectivity index (χ0n) is 17.6. The molecule has 1 amide bonds. The number of carbonyl (C=O) groups excluding carboxylic acids is 1. The summed E-state index contributed by atoms with van der Waals surface area (Å²) in [5, 5.41) is 4.38. The predicted molar refractivity (Wildman–Crippen MR) is 118 cm³/mol. The maximum Gasteiger partial charge on any atom is 0.257 e. The van der Waals surface area contributed by atoms with Gasteiger partial charge in [-0.25, -0.2) is 9.97 Å². The summed E-state index contributed by atoms with van der Waals surface area (Å²) in [5.74, 6) is 0.0403. The van der Waals surface area contributed by atoms with Crippen molar-refractivity contribution in [1.29, 1.82) is 0 Å². The van der Waals surface area contributed by atoms with Gasteiger partial charge in [0.15, 0.2) is 5.65 Å². The lowest BCUT2D eigenvalue weighted by atomic mass is 10.0. The average Bonchev–Trinajstić information content (AvgIpc) is 2.70. The zero-order chi connectivity index (χ0) is 20.5. The van der Waals surface area contributed by atoms with Crippen molar-refractivity contribution < 1.29 is 4.79 Å². The number of pyridine rings is 2. The van der Waals surface area contributed by atoms with Crippen molar-refractivity contribution in [3.05, 3.63) is 58.9 Å². The van der Waals surface area contributed by atoms with Crippen LogP contribution < -0.4 is 5.32 Å². The lowest BCUT2D eigenvalue weighted by molar-refractivity contribution is 0.0636. The standard InChI is InChI=1S/C24H28N4O/c1-15-8-10-19(13-16(15)2)27-22-20-11-9-17(3)26-23(20)25-14-21(22)24(29)28-12-6-5-7-18(28)4/h8-11,13-14,18H,5-7,12H2,1-4H3,(H,25,26,27). The molecule has 0 saturated carbocycles. The molecule has 1 aliphatic rings. The van der Waals surface area contributed by atoms with Crippen molar-refractivity contribution in [1.82, 2.24) is 14.9 Å². The third-order valence-corrected chi connectivity index (χ3v) is 5.94.